The van der Waals surface area contributed by atoms with Gasteiger partial charge in [-0.15, -0.1) is 37.4 Å². The first kappa shape index (κ1) is 32.3. The van der Waals surface area contributed by atoms with E-state index < -0.39 is 0 Å². The van der Waals surface area contributed by atoms with Crippen LogP contribution in [0.1, 0.15) is 27.2 Å². The summed E-state index contributed by atoms with van der Waals surface area (Å²) in [5, 5.41) is 0. The summed E-state index contributed by atoms with van der Waals surface area (Å²) in [6.45, 7) is 10.7. The van der Waals surface area contributed by atoms with E-state index in [0.717, 1.165) is 15.9 Å². The average Bonchev–Trinajstić information content (AvgIpc) is 2.98. The fraction of sp³-hybridized carbons (Fsp3) is 0.400. The number of aromatic amines is 1. The van der Waals surface area contributed by atoms with Crippen molar-refractivity contribution in [2.24, 2.45) is 0 Å². The van der Waals surface area contributed by atoms with Crippen molar-refractivity contribution in [3.05, 3.63) is 54.7 Å². The molecule has 1 aromatic heterocycles. The summed E-state index contributed by atoms with van der Waals surface area (Å²) in [6.07, 6.45) is 14.6. The van der Waals surface area contributed by atoms with Crippen LogP contribution in [0.2, 0.25) is 13.1 Å². The van der Waals surface area contributed by atoms with Crippen LogP contribution in [0.25, 0.3) is 0 Å². The molecule has 1 heterocycles. The third-order valence-electron chi connectivity index (χ3n) is 1.03. The molecule has 0 saturated carbocycles. The monoisotopic (exact) mass is 367 g/mol. The van der Waals surface area contributed by atoms with Crippen molar-refractivity contribution in [3.63, 3.8) is 0 Å². The van der Waals surface area contributed by atoms with Crippen molar-refractivity contribution in [3.8, 4) is 0 Å². The van der Waals surface area contributed by atoms with Crippen molar-refractivity contribution < 1.29 is 21.7 Å². The van der Waals surface area contributed by atoms with Crippen LogP contribution in [0.3, 0.4) is 0 Å². The van der Waals surface area contributed by atoms with E-state index in [9.17, 15) is 0 Å². The van der Waals surface area contributed by atoms with Gasteiger partial charge in [0.15, 0.2) is 0 Å². The summed E-state index contributed by atoms with van der Waals surface area (Å²) >= 11 is 0. The van der Waals surface area contributed by atoms with Gasteiger partial charge in [-0.1, -0.05) is 13.1 Å². The number of H-pyrrole nitrogens is 1. The van der Waals surface area contributed by atoms with Gasteiger partial charge in [-0.3, -0.25) is 6.08 Å². The third kappa shape index (κ3) is 51.7. The first-order chi connectivity index (χ1) is 8.15. The first-order valence-corrected chi connectivity index (χ1v) is 8.18. The number of allylic oxidation sites excluding steroid dienone is 4. The number of nitrogens with one attached hydrogen (secondary N) is 1. The van der Waals surface area contributed by atoms with Gasteiger partial charge in [0, 0.05) is 9.52 Å². The third-order valence-corrected chi connectivity index (χ3v) is 1.03. The van der Waals surface area contributed by atoms with Gasteiger partial charge in [0.05, 0.1) is 0 Å². The Bertz CT molecular complexity index is 233. The molecule has 2 radical (unpaired) electrons. The Hall–Kier alpha value is 0.271. The van der Waals surface area contributed by atoms with Crippen molar-refractivity contribution in [2.45, 2.75) is 40.3 Å². The molecule has 2 rings (SSSR count). The number of rotatable bonds is 0. The van der Waals surface area contributed by atoms with Crippen LogP contribution in [0.4, 0.5) is 0 Å². The van der Waals surface area contributed by atoms with Crippen LogP contribution in [0, 0.1) is 18.2 Å². The van der Waals surface area contributed by atoms with E-state index in [-0.39, 0.29) is 46.5 Å². The van der Waals surface area contributed by atoms with Gasteiger partial charge < -0.3 is 10.9 Å². The summed E-state index contributed by atoms with van der Waals surface area (Å²) in [5.41, 5.74) is 0. The molecule has 0 spiro atoms. The van der Waals surface area contributed by atoms with E-state index >= 15 is 0 Å². The predicted molar refractivity (Wildman–Crippen MR) is 94.8 cm³/mol. The second-order valence-electron chi connectivity index (χ2n) is 3.89. The molecular formula is C15H27Cl2NSiTi. The molecule has 0 amide bonds. The Balaban J connectivity index is -0.0000000486. The Labute approximate surface area is 155 Å². The molecule has 0 fully saturated rings. The molecule has 1 aliphatic rings. The molecule has 1 aromatic rings. The second-order valence-corrected chi connectivity index (χ2v) is 5.05. The van der Waals surface area contributed by atoms with Gasteiger partial charge in [0.25, 0.3) is 0 Å². The minimum Gasteiger partial charge on any atom is -0.484 e. The maximum Gasteiger partial charge on any atom is 3.00 e. The molecule has 5 heteroatoms. The summed E-state index contributed by atoms with van der Waals surface area (Å²) in [7, 11) is 0.750. The van der Waals surface area contributed by atoms with E-state index in [1.165, 1.54) is 5.92 Å². The molecule has 1 aliphatic carbocycles. The maximum absolute atomic E-state index is 2.99. The standard InChI is InChI=1S/C5H5.C4H4N.C4H9.C2H7Si.2ClH.Ti/c2*1-2-4-5-3-1;1-4(2)3;1-3-2;;;/h1-3H,4H2;1-3,5H;1-3H3;3H,1-2H3;2*1H;/q3*-1;;;;+3. The van der Waals surface area contributed by atoms with Crippen LogP contribution < -0.4 is 0 Å². The maximum atomic E-state index is 2.99. The molecule has 0 saturated heterocycles. The van der Waals surface area contributed by atoms with E-state index in [0.29, 0.717) is 0 Å². The zero-order chi connectivity index (χ0) is 13.4. The number of hydrogen-bond acceptors (Lipinski definition) is 0. The molecule has 0 atom stereocenters. The van der Waals surface area contributed by atoms with Gasteiger partial charge in [0.1, 0.15) is 0 Å². The molecule has 1 nitrogen and oxygen atoms in total. The Morgan fingerprint density at radius 2 is 1.65 bits per heavy atom. The second kappa shape index (κ2) is 31.6. The first-order valence-electron chi connectivity index (χ1n) is 5.87. The van der Waals surface area contributed by atoms with Gasteiger partial charge >= 0.3 is 21.7 Å². The Kier molecular flexibility index (Phi) is 51.0. The topological polar surface area (TPSA) is 15.8 Å². The van der Waals surface area contributed by atoms with Gasteiger partial charge in [-0.2, -0.15) is 45.2 Å². The fourth-order valence-corrected chi connectivity index (χ4v) is 0.581. The summed E-state index contributed by atoms with van der Waals surface area (Å²) in [6, 6.07) is 3.71. The fourth-order valence-electron chi connectivity index (χ4n) is 0.581. The normalized spacial score (nSPS) is 9.10. The van der Waals surface area contributed by atoms with Gasteiger partial charge in [-0.05, 0) is 0 Å². The smallest absolute Gasteiger partial charge is 0.484 e. The SMILES string of the molecule is C[C-](C)C.C[SiH]C.Cl.Cl.[C-]1=CC=CC1.[Ti+3].[c-]1ccc[nH]1. The van der Waals surface area contributed by atoms with Crippen LogP contribution in [-0.2, 0) is 21.7 Å². The summed E-state index contributed by atoms with van der Waals surface area (Å²) < 4.78 is 0. The molecule has 0 aliphatic heterocycles. The van der Waals surface area contributed by atoms with Crippen LogP contribution in [0.15, 0.2) is 36.6 Å². The van der Waals surface area contributed by atoms with Crippen molar-refractivity contribution in [1.29, 1.82) is 0 Å². The van der Waals surface area contributed by atoms with E-state index in [1.54, 1.807) is 0 Å². The zero-order valence-electron chi connectivity index (χ0n) is 13.1. The minimum absolute atomic E-state index is 0. The zero-order valence-corrected chi connectivity index (χ0v) is 17.4. The molecule has 0 unspecified atom stereocenters. The van der Waals surface area contributed by atoms with Crippen LogP contribution in [-0.4, -0.2) is 14.5 Å². The Morgan fingerprint density at radius 3 is 1.75 bits per heavy atom. The molecule has 114 valence electrons. The van der Waals surface area contributed by atoms with Crippen molar-refractivity contribution in [2.75, 3.05) is 0 Å². The van der Waals surface area contributed by atoms with E-state index in [4.69, 9.17) is 0 Å². The van der Waals surface area contributed by atoms with Crippen LogP contribution >= 0.6 is 24.8 Å². The molecule has 0 aromatic carbocycles. The summed E-state index contributed by atoms with van der Waals surface area (Å²) in [4.78, 5) is 2.74. The average molecular weight is 368 g/mol. The number of hydrogen-bond donors (Lipinski definition) is 1. The van der Waals surface area contributed by atoms with Crippen molar-refractivity contribution >= 4 is 34.3 Å². The predicted octanol–water partition coefficient (Wildman–Crippen LogP) is 5.10. The minimum atomic E-state index is 0. The van der Waals surface area contributed by atoms with Gasteiger partial charge in [0.2, 0.25) is 0 Å². The number of aromatic nitrogens is 1. The Morgan fingerprint density at radius 1 is 1.15 bits per heavy atom. The van der Waals surface area contributed by atoms with Crippen LogP contribution in [0.5, 0.6) is 0 Å². The molecular weight excluding hydrogens is 341 g/mol. The van der Waals surface area contributed by atoms with Crippen molar-refractivity contribution in [1.82, 2.24) is 4.98 Å². The van der Waals surface area contributed by atoms with E-state index in [1.807, 2.05) is 30.5 Å². The molecule has 0 bridgehead atoms. The quantitative estimate of drug-likeness (QED) is 0.484. The number of halogens is 2. The van der Waals surface area contributed by atoms with Gasteiger partial charge in [-0.25, -0.2) is 12.2 Å². The largest absolute Gasteiger partial charge is 3.00 e. The molecule has 20 heavy (non-hydrogen) atoms. The summed E-state index contributed by atoms with van der Waals surface area (Å²) in [5.74, 6) is 1.42. The van der Waals surface area contributed by atoms with E-state index in [2.05, 4.69) is 57.2 Å². The molecule has 1 N–H and O–H groups in total.